The van der Waals surface area contributed by atoms with Crippen LogP contribution in [0.15, 0.2) is 67.0 Å². The van der Waals surface area contributed by atoms with Crippen LogP contribution in [0.25, 0.3) is 10.9 Å². The molecular weight excluding hydrogens is 506 g/mol. The molecule has 0 bridgehead atoms. The number of pyridine rings is 2. The number of carboxylic acids is 1. The second kappa shape index (κ2) is 11.5. The third kappa shape index (κ3) is 6.01. The molecule has 1 fully saturated rings. The molecule has 2 aromatic carbocycles. The van der Waals surface area contributed by atoms with Crippen LogP contribution in [0, 0.1) is 11.6 Å². The fourth-order valence-electron chi connectivity index (χ4n) is 4.71. The second-order valence-corrected chi connectivity index (χ2v) is 9.28. The summed E-state index contributed by atoms with van der Waals surface area (Å²) in [6, 6.07) is 13.6. The van der Waals surface area contributed by atoms with Gasteiger partial charge >= 0.3 is 5.97 Å². The Kier molecular flexibility index (Phi) is 7.74. The standard InChI is InChI=1S/C29H26F2N4O4/c30-22-16-20(35-9-11-39-12-10-35)17-23(31)27(22)28(36)34-26(29(37)38)15-19-4-1-3-18(13-19)14-25-21-5-2-7-32-24(21)6-8-33-25/h1-8,13,16-17,26H,9-12,14-15H2,(H,34,36)(H,37,38). The maximum atomic E-state index is 14.8. The molecule has 1 unspecified atom stereocenters. The molecular formula is C29H26F2N4O4. The monoisotopic (exact) mass is 532 g/mol. The van der Waals surface area contributed by atoms with E-state index >= 15 is 0 Å². The maximum Gasteiger partial charge on any atom is 0.326 e. The van der Waals surface area contributed by atoms with Crippen molar-refractivity contribution in [2.75, 3.05) is 31.2 Å². The topological polar surface area (TPSA) is 105 Å². The Morgan fingerprint density at radius 2 is 1.72 bits per heavy atom. The highest BCUT2D eigenvalue weighted by Crippen LogP contribution is 2.24. The summed E-state index contributed by atoms with van der Waals surface area (Å²) in [5.41, 5.74) is 2.66. The van der Waals surface area contributed by atoms with Crippen molar-refractivity contribution in [2.45, 2.75) is 18.9 Å². The van der Waals surface area contributed by atoms with E-state index in [2.05, 4.69) is 15.3 Å². The minimum atomic E-state index is -1.40. The minimum Gasteiger partial charge on any atom is -0.480 e. The number of carbonyl (C=O) groups excluding carboxylic acids is 1. The summed E-state index contributed by atoms with van der Waals surface area (Å²) in [7, 11) is 0. The molecule has 1 aliphatic heterocycles. The molecule has 4 aromatic rings. The SMILES string of the molecule is O=C(NC(Cc1cccc(Cc2nccc3ncccc23)c1)C(=O)O)c1c(F)cc(N2CCOCC2)cc1F. The van der Waals surface area contributed by atoms with Crippen LogP contribution >= 0.6 is 0 Å². The van der Waals surface area contributed by atoms with Gasteiger partial charge in [0.25, 0.3) is 5.91 Å². The number of nitrogens with zero attached hydrogens (tertiary/aromatic N) is 3. The Morgan fingerprint density at radius 3 is 2.46 bits per heavy atom. The predicted molar refractivity (Wildman–Crippen MR) is 141 cm³/mol. The molecule has 2 N–H and O–H groups in total. The Balaban J connectivity index is 1.31. The average Bonchev–Trinajstić information content (AvgIpc) is 2.93. The number of aromatic nitrogens is 2. The molecule has 200 valence electrons. The summed E-state index contributed by atoms with van der Waals surface area (Å²) in [4.78, 5) is 35.4. The number of aliphatic carboxylic acids is 1. The van der Waals surface area contributed by atoms with Gasteiger partial charge in [-0.15, -0.1) is 0 Å². The van der Waals surface area contributed by atoms with Gasteiger partial charge in [-0.2, -0.15) is 0 Å². The van der Waals surface area contributed by atoms with Gasteiger partial charge in [-0.05, 0) is 41.5 Å². The van der Waals surface area contributed by atoms with E-state index in [0.29, 0.717) is 44.0 Å². The lowest BCUT2D eigenvalue weighted by Gasteiger charge is -2.29. The molecule has 1 atom stereocenters. The van der Waals surface area contributed by atoms with Crippen molar-refractivity contribution >= 4 is 28.5 Å². The van der Waals surface area contributed by atoms with Crippen LogP contribution in [0.2, 0.25) is 0 Å². The van der Waals surface area contributed by atoms with Gasteiger partial charge < -0.3 is 20.1 Å². The number of hydrogen-bond donors (Lipinski definition) is 2. The number of benzene rings is 2. The molecule has 39 heavy (non-hydrogen) atoms. The van der Waals surface area contributed by atoms with Gasteiger partial charge in [0.1, 0.15) is 23.2 Å². The van der Waals surface area contributed by atoms with E-state index in [9.17, 15) is 23.5 Å². The van der Waals surface area contributed by atoms with Crippen LogP contribution < -0.4 is 10.2 Å². The number of hydrogen-bond acceptors (Lipinski definition) is 6. The highest BCUT2D eigenvalue weighted by Gasteiger charge is 2.26. The summed E-state index contributed by atoms with van der Waals surface area (Å²) >= 11 is 0. The number of rotatable bonds is 8. The third-order valence-corrected chi connectivity index (χ3v) is 6.65. The molecule has 1 saturated heterocycles. The van der Waals surface area contributed by atoms with E-state index in [0.717, 1.165) is 34.3 Å². The van der Waals surface area contributed by atoms with Crippen LogP contribution in [-0.2, 0) is 22.4 Å². The van der Waals surface area contributed by atoms with Crippen LogP contribution in [0.3, 0.4) is 0 Å². The number of carbonyl (C=O) groups is 2. The van der Waals surface area contributed by atoms with E-state index < -0.39 is 35.1 Å². The summed E-state index contributed by atoms with van der Waals surface area (Å²) in [5.74, 6) is -4.56. The van der Waals surface area contributed by atoms with Gasteiger partial charge in [0.15, 0.2) is 0 Å². The van der Waals surface area contributed by atoms with Crippen molar-refractivity contribution in [3.05, 3.63) is 101 Å². The van der Waals surface area contributed by atoms with Gasteiger partial charge in [-0.3, -0.25) is 14.8 Å². The zero-order chi connectivity index (χ0) is 27.4. The second-order valence-electron chi connectivity index (χ2n) is 9.28. The first-order chi connectivity index (χ1) is 18.9. The first-order valence-electron chi connectivity index (χ1n) is 12.5. The van der Waals surface area contributed by atoms with E-state index in [4.69, 9.17) is 4.74 Å². The van der Waals surface area contributed by atoms with E-state index in [-0.39, 0.29) is 6.42 Å². The number of fused-ring (bicyclic) bond motifs is 1. The largest absolute Gasteiger partial charge is 0.480 e. The lowest BCUT2D eigenvalue weighted by Crippen LogP contribution is -2.43. The van der Waals surface area contributed by atoms with Crippen molar-refractivity contribution in [1.29, 1.82) is 0 Å². The van der Waals surface area contributed by atoms with Gasteiger partial charge in [0, 0.05) is 49.4 Å². The number of carboxylic acid groups (broad SMARTS) is 1. The van der Waals surface area contributed by atoms with E-state index in [1.807, 2.05) is 30.3 Å². The maximum absolute atomic E-state index is 14.8. The zero-order valence-electron chi connectivity index (χ0n) is 20.9. The number of halogens is 2. The first-order valence-corrected chi connectivity index (χ1v) is 12.5. The molecule has 10 heteroatoms. The molecule has 2 aromatic heterocycles. The summed E-state index contributed by atoms with van der Waals surface area (Å²) in [5, 5.41) is 13.0. The van der Waals surface area contributed by atoms with Crippen molar-refractivity contribution in [1.82, 2.24) is 15.3 Å². The summed E-state index contributed by atoms with van der Waals surface area (Å²) in [6.07, 6.45) is 3.82. The quantitative estimate of drug-likeness (QED) is 0.356. The molecule has 3 heterocycles. The van der Waals surface area contributed by atoms with Crippen LogP contribution in [-0.4, -0.2) is 59.3 Å². The van der Waals surface area contributed by atoms with Gasteiger partial charge in [0.05, 0.1) is 24.4 Å². The van der Waals surface area contributed by atoms with Crippen molar-refractivity contribution < 1.29 is 28.2 Å². The van der Waals surface area contributed by atoms with Crippen LogP contribution in [0.5, 0.6) is 0 Å². The summed E-state index contributed by atoms with van der Waals surface area (Å²) < 4.78 is 35.0. The highest BCUT2D eigenvalue weighted by atomic mass is 19.1. The molecule has 1 aliphatic rings. The number of nitrogens with one attached hydrogen (secondary N) is 1. The van der Waals surface area contributed by atoms with Crippen LogP contribution in [0.4, 0.5) is 14.5 Å². The normalized spacial score (nSPS) is 14.3. The smallest absolute Gasteiger partial charge is 0.326 e. The Bertz CT molecular complexity index is 1500. The number of amides is 1. The van der Waals surface area contributed by atoms with Crippen molar-refractivity contribution in [3.63, 3.8) is 0 Å². The van der Waals surface area contributed by atoms with Crippen LogP contribution in [0.1, 0.15) is 27.2 Å². The Labute approximate surface area is 223 Å². The van der Waals surface area contributed by atoms with Crippen molar-refractivity contribution in [3.8, 4) is 0 Å². The molecule has 0 spiro atoms. The molecule has 0 aliphatic carbocycles. The molecule has 0 radical (unpaired) electrons. The molecule has 0 saturated carbocycles. The third-order valence-electron chi connectivity index (χ3n) is 6.65. The van der Waals surface area contributed by atoms with E-state index in [1.54, 1.807) is 29.4 Å². The van der Waals surface area contributed by atoms with Gasteiger partial charge in [-0.25, -0.2) is 13.6 Å². The summed E-state index contributed by atoms with van der Waals surface area (Å²) in [6.45, 7) is 1.81. The van der Waals surface area contributed by atoms with Crippen molar-refractivity contribution in [2.24, 2.45) is 0 Å². The zero-order valence-corrected chi connectivity index (χ0v) is 20.9. The minimum absolute atomic E-state index is 0.0749. The fourth-order valence-corrected chi connectivity index (χ4v) is 4.71. The number of morpholine rings is 1. The predicted octanol–water partition coefficient (Wildman–Crippen LogP) is 3.76. The fraction of sp³-hybridized carbons (Fsp3) is 0.241. The number of anilines is 1. The van der Waals surface area contributed by atoms with E-state index in [1.165, 1.54) is 0 Å². The molecule has 1 amide bonds. The van der Waals surface area contributed by atoms with Gasteiger partial charge in [0.2, 0.25) is 0 Å². The highest BCUT2D eigenvalue weighted by molar-refractivity contribution is 5.97. The van der Waals surface area contributed by atoms with Gasteiger partial charge in [-0.1, -0.05) is 24.3 Å². The number of ether oxygens (including phenoxy) is 1. The first kappa shape index (κ1) is 26.2. The lowest BCUT2D eigenvalue weighted by molar-refractivity contribution is -0.139. The molecule has 8 nitrogen and oxygen atoms in total. The lowest BCUT2D eigenvalue weighted by atomic mass is 9.99. The Morgan fingerprint density at radius 1 is 0.974 bits per heavy atom. The average molecular weight is 533 g/mol. The molecule has 5 rings (SSSR count). The Hall–Kier alpha value is -4.44.